The zero-order valence-electron chi connectivity index (χ0n) is 22.1. The Morgan fingerprint density at radius 2 is 1.60 bits per heavy atom. The van der Waals surface area contributed by atoms with E-state index in [0.29, 0.717) is 11.4 Å². The van der Waals surface area contributed by atoms with Crippen molar-refractivity contribution in [2.45, 2.75) is 25.5 Å². The van der Waals surface area contributed by atoms with Gasteiger partial charge in [-0.15, -0.1) is 0 Å². The number of piperidine rings is 1. The number of aromatic nitrogens is 2. The first-order valence-corrected chi connectivity index (χ1v) is 13.8. The summed E-state index contributed by atoms with van der Waals surface area (Å²) >= 11 is 0. The van der Waals surface area contributed by atoms with Gasteiger partial charge < -0.3 is 15.0 Å². The van der Waals surface area contributed by atoms with Gasteiger partial charge in [-0.05, 0) is 54.3 Å². The Balaban J connectivity index is 1.19. The molecule has 0 unspecified atom stereocenters. The summed E-state index contributed by atoms with van der Waals surface area (Å²) in [5, 5.41) is 3.06. The molecular weight excluding hydrogens is 496 g/mol. The van der Waals surface area contributed by atoms with Crippen LogP contribution in [-0.4, -0.2) is 40.0 Å². The lowest BCUT2D eigenvalue weighted by atomic mass is 9.94. The molecule has 0 saturated carbocycles. The fourth-order valence-corrected chi connectivity index (χ4v) is 5.76. The molecule has 0 bridgehead atoms. The second kappa shape index (κ2) is 10.5. The third-order valence-corrected chi connectivity index (χ3v) is 7.76. The number of carbonyl (C=O) groups excluding carboxylic acids is 1. The molecule has 40 heavy (non-hydrogen) atoms. The van der Waals surface area contributed by atoms with E-state index in [1.54, 1.807) is 0 Å². The van der Waals surface area contributed by atoms with E-state index in [2.05, 4.69) is 45.5 Å². The van der Waals surface area contributed by atoms with Crippen LogP contribution in [0.1, 0.15) is 35.4 Å². The Hall–Kier alpha value is -4.68. The van der Waals surface area contributed by atoms with Crippen LogP contribution in [0.2, 0.25) is 0 Å². The topological polar surface area (TPSA) is 70.2 Å². The van der Waals surface area contributed by atoms with E-state index in [1.807, 2.05) is 72.8 Å². The van der Waals surface area contributed by atoms with Crippen molar-refractivity contribution in [1.82, 2.24) is 14.9 Å². The molecule has 2 aliphatic heterocycles. The summed E-state index contributed by atoms with van der Waals surface area (Å²) in [7, 11) is 0. The van der Waals surface area contributed by atoms with Crippen molar-refractivity contribution in [2.75, 3.05) is 18.4 Å². The maximum Gasteiger partial charge on any atom is 0.257 e. The molecule has 0 radical (unpaired) electrons. The summed E-state index contributed by atoms with van der Waals surface area (Å²) in [5.41, 5.74) is 7.06. The standard InChI is InChI=1S/C34H30N4O2/c39-34-32(31(24-11-5-2-6-12-24)33-35-29-13-7-8-14-30(29)36-33)27-21-26(15-16-28(27)37-34)40-25-17-19-38(20-18-25)22-23-9-3-1-4-10-23/h1-16,21,25H,17-20,22H2,(H,35,36)(H,37,39). The van der Waals surface area contributed by atoms with E-state index in [9.17, 15) is 4.79 Å². The second-order valence-corrected chi connectivity index (χ2v) is 10.5. The van der Waals surface area contributed by atoms with E-state index in [1.165, 1.54) is 5.56 Å². The molecule has 1 amide bonds. The third kappa shape index (κ3) is 4.78. The van der Waals surface area contributed by atoms with Crippen molar-refractivity contribution >= 4 is 33.8 Å². The van der Waals surface area contributed by atoms with E-state index < -0.39 is 0 Å². The van der Waals surface area contributed by atoms with Crippen LogP contribution in [0.25, 0.3) is 22.2 Å². The number of benzene rings is 4. The molecule has 2 aliphatic rings. The summed E-state index contributed by atoms with van der Waals surface area (Å²) in [5.74, 6) is 1.31. The minimum atomic E-state index is -0.138. The van der Waals surface area contributed by atoms with Crippen LogP contribution in [0.5, 0.6) is 5.75 Å². The first kappa shape index (κ1) is 24.4. The van der Waals surface area contributed by atoms with Crippen molar-refractivity contribution in [2.24, 2.45) is 0 Å². The van der Waals surface area contributed by atoms with Gasteiger partial charge in [0.05, 0.1) is 16.6 Å². The maximum absolute atomic E-state index is 13.5. The lowest BCUT2D eigenvalue weighted by Gasteiger charge is -2.32. The smallest absolute Gasteiger partial charge is 0.257 e. The summed E-state index contributed by atoms with van der Waals surface area (Å²) < 4.78 is 6.49. The van der Waals surface area contributed by atoms with Crippen molar-refractivity contribution in [3.8, 4) is 5.75 Å². The van der Waals surface area contributed by atoms with E-state index in [0.717, 1.165) is 71.6 Å². The van der Waals surface area contributed by atoms with Crippen molar-refractivity contribution < 1.29 is 9.53 Å². The minimum absolute atomic E-state index is 0.138. The maximum atomic E-state index is 13.5. The molecule has 3 heterocycles. The zero-order chi connectivity index (χ0) is 26.9. The molecule has 0 spiro atoms. The van der Waals surface area contributed by atoms with Gasteiger partial charge in [-0.3, -0.25) is 9.69 Å². The number of fused-ring (bicyclic) bond motifs is 2. The largest absolute Gasteiger partial charge is 0.490 e. The number of hydrogen-bond acceptors (Lipinski definition) is 4. The van der Waals surface area contributed by atoms with Gasteiger partial charge in [0.2, 0.25) is 0 Å². The summed E-state index contributed by atoms with van der Waals surface area (Å²) in [4.78, 5) is 24.3. The highest BCUT2D eigenvalue weighted by atomic mass is 16.5. The van der Waals surface area contributed by atoms with Crippen LogP contribution in [0.3, 0.4) is 0 Å². The Labute approximate surface area is 233 Å². The first-order chi connectivity index (χ1) is 19.7. The highest BCUT2D eigenvalue weighted by Gasteiger charge is 2.31. The Bertz CT molecular complexity index is 1670. The minimum Gasteiger partial charge on any atom is -0.490 e. The quantitative estimate of drug-likeness (QED) is 0.247. The van der Waals surface area contributed by atoms with Crippen LogP contribution in [0.4, 0.5) is 5.69 Å². The first-order valence-electron chi connectivity index (χ1n) is 13.8. The summed E-state index contributed by atoms with van der Waals surface area (Å²) in [6.07, 6.45) is 2.09. The Kier molecular flexibility index (Phi) is 6.38. The summed E-state index contributed by atoms with van der Waals surface area (Å²) in [6.45, 7) is 2.97. The van der Waals surface area contributed by atoms with Crippen molar-refractivity contribution in [1.29, 1.82) is 0 Å². The van der Waals surface area contributed by atoms with Crippen molar-refractivity contribution in [3.63, 3.8) is 0 Å². The molecule has 0 atom stereocenters. The average molecular weight is 527 g/mol. The number of nitrogens with one attached hydrogen (secondary N) is 2. The number of hydrogen-bond donors (Lipinski definition) is 2. The van der Waals surface area contributed by atoms with Gasteiger partial charge in [-0.1, -0.05) is 72.8 Å². The number of para-hydroxylation sites is 2. The highest BCUT2D eigenvalue weighted by Crippen LogP contribution is 2.41. The predicted molar refractivity (Wildman–Crippen MR) is 159 cm³/mol. The fourth-order valence-electron chi connectivity index (χ4n) is 5.76. The predicted octanol–water partition coefficient (Wildman–Crippen LogP) is 6.52. The van der Waals surface area contributed by atoms with Gasteiger partial charge in [0, 0.05) is 36.5 Å². The monoisotopic (exact) mass is 526 g/mol. The lowest BCUT2D eigenvalue weighted by Crippen LogP contribution is -2.37. The second-order valence-electron chi connectivity index (χ2n) is 10.5. The van der Waals surface area contributed by atoms with Crippen LogP contribution >= 0.6 is 0 Å². The van der Waals surface area contributed by atoms with E-state index >= 15 is 0 Å². The van der Waals surface area contributed by atoms with Crippen LogP contribution < -0.4 is 10.1 Å². The van der Waals surface area contributed by atoms with Gasteiger partial charge >= 0.3 is 0 Å². The number of rotatable bonds is 6. The molecule has 1 saturated heterocycles. The normalized spacial score (nSPS) is 17.1. The number of anilines is 1. The van der Waals surface area contributed by atoms with Gasteiger partial charge in [-0.2, -0.15) is 0 Å². The van der Waals surface area contributed by atoms with Crippen LogP contribution in [-0.2, 0) is 11.3 Å². The number of ether oxygens (including phenoxy) is 1. The van der Waals surface area contributed by atoms with Crippen LogP contribution in [0.15, 0.2) is 103 Å². The van der Waals surface area contributed by atoms with E-state index in [-0.39, 0.29) is 12.0 Å². The number of aromatic amines is 1. The van der Waals surface area contributed by atoms with Gasteiger partial charge in [0.25, 0.3) is 5.91 Å². The van der Waals surface area contributed by atoms with Gasteiger partial charge in [0.1, 0.15) is 17.7 Å². The molecule has 5 aromatic rings. The third-order valence-electron chi connectivity index (χ3n) is 7.76. The molecule has 6 nitrogen and oxygen atoms in total. The molecule has 198 valence electrons. The molecule has 7 rings (SSSR count). The average Bonchev–Trinajstić information content (AvgIpc) is 3.56. The molecule has 6 heteroatoms. The van der Waals surface area contributed by atoms with Crippen LogP contribution in [0, 0.1) is 0 Å². The number of likely N-dealkylation sites (tertiary alicyclic amines) is 1. The number of imidazole rings is 1. The lowest BCUT2D eigenvalue weighted by molar-refractivity contribution is -0.110. The number of amides is 1. The molecule has 1 fully saturated rings. The Morgan fingerprint density at radius 3 is 2.38 bits per heavy atom. The SMILES string of the molecule is O=C1Nc2ccc(OC3CCN(Cc4ccccc4)CC3)cc2C1=C(c1ccccc1)c1nc2ccccc2[nH]1. The molecule has 4 aromatic carbocycles. The van der Waals surface area contributed by atoms with Gasteiger partial charge in [0.15, 0.2) is 0 Å². The fraction of sp³-hybridized carbons (Fsp3) is 0.176. The van der Waals surface area contributed by atoms with Crippen molar-refractivity contribution in [3.05, 3.63) is 126 Å². The Morgan fingerprint density at radius 1 is 0.875 bits per heavy atom. The van der Waals surface area contributed by atoms with Gasteiger partial charge in [-0.25, -0.2) is 4.98 Å². The number of carbonyl (C=O) groups is 1. The molecule has 1 aromatic heterocycles. The molecule has 0 aliphatic carbocycles. The van der Waals surface area contributed by atoms with E-state index in [4.69, 9.17) is 9.72 Å². The molecule has 2 N–H and O–H groups in total. The number of nitrogens with zero attached hydrogens (tertiary/aromatic N) is 2. The zero-order valence-corrected chi connectivity index (χ0v) is 22.1. The number of H-pyrrole nitrogens is 1. The highest BCUT2D eigenvalue weighted by molar-refractivity contribution is 6.38. The molecular formula is C34H30N4O2. The summed E-state index contributed by atoms with van der Waals surface area (Å²) in [6, 6.07) is 34.4.